The summed E-state index contributed by atoms with van der Waals surface area (Å²) in [5.74, 6) is -0.378. The Morgan fingerprint density at radius 2 is 2.05 bits per heavy atom. The lowest BCUT2D eigenvalue weighted by Crippen LogP contribution is -2.02. The second-order valence-electron chi connectivity index (χ2n) is 5.05. The summed E-state index contributed by atoms with van der Waals surface area (Å²) in [6, 6.07) is 11.1. The molecule has 2 aromatic heterocycles. The van der Waals surface area contributed by atoms with Gasteiger partial charge in [0.15, 0.2) is 0 Å². The number of pyridine rings is 1. The first kappa shape index (κ1) is 13.1. The zero-order valence-corrected chi connectivity index (χ0v) is 12.4. The highest BCUT2D eigenvalue weighted by molar-refractivity contribution is 6.32. The number of nitrogens with one attached hydrogen (secondary N) is 1. The van der Waals surface area contributed by atoms with Crippen molar-refractivity contribution in [2.45, 2.75) is 0 Å². The van der Waals surface area contributed by atoms with Crippen molar-refractivity contribution in [2.75, 3.05) is 7.11 Å². The molecule has 22 heavy (non-hydrogen) atoms. The number of aromatic amines is 1. The van der Waals surface area contributed by atoms with Crippen LogP contribution in [0, 0.1) is 0 Å². The van der Waals surface area contributed by atoms with Gasteiger partial charge >= 0.3 is 5.97 Å². The van der Waals surface area contributed by atoms with Crippen molar-refractivity contribution < 1.29 is 9.53 Å². The Bertz CT molecular complexity index is 1050. The molecule has 2 heterocycles. The Hall–Kier alpha value is -2.59. The van der Waals surface area contributed by atoms with Crippen LogP contribution in [0.15, 0.2) is 42.6 Å². The van der Waals surface area contributed by atoms with Crippen LogP contribution in [-0.4, -0.2) is 23.0 Å². The van der Waals surface area contributed by atoms with Gasteiger partial charge in [0.25, 0.3) is 0 Å². The maximum Gasteiger partial charge on any atom is 0.338 e. The molecule has 108 valence electrons. The zero-order valence-electron chi connectivity index (χ0n) is 11.7. The summed E-state index contributed by atoms with van der Waals surface area (Å²) in [6.45, 7) is 0. The van der Waals surface area contributed by atoms with Crippen molar-refractivity contribution in [1.29, 1.82) is 0 Å². The highest BCUT2D eigenvalue weighted by Crippen LogP contribution is 2.33. The average Bonchev–Trinajstić information content (AvgIpc) is 2.91. The lowest BCUT2D eigenvalue weighted by Gasteiger charge is -2.05. The van der Waals surface area contributed by atoms with E-state index >= 15 is 0 Å². The van der Waals surface area contributed by atoms with E-state index in [1.165, 1.54) is 7.11 Å². The van der Waals surface area contributed by atoms with E-state index in [9.17, 15) is 4.79 Å². The lowest BCUT2D eigenvalue weighted by atomic mass is 10.0. The van der Waals surface area contributed by atoms with Gasteiger partial charge < -0.3 is 9.72 Å². The number of esters is 1. The van der Waals surface area contributed by atoms with E-state index in [0.29, 0.717) is 10.6 Å². The number of rotatable bonds is 1. The molecule has 0 atom stereocenters. The smallest absolute Gasteiger partial charge is 0.338 e. The number of nitrogens with zero attached hydrogens (tertiary/aromatic N) is 1. The van der Waals surface area contributed by atoms with Crippen LogP contribution in [0.3, 0.4) is 0 Å². The van der Waals surface area contributed by atoms with E-state index in [4.69, 9.17) is 16.3 Å². The van der Waals surface area contributed by atoms with Crippen molar-refractivity contribution in [2.24, 2.45) is 0 Å². The minimum absolute atomic E-state index is 0.378. The topological polar surface area (TPSA) is 55.0 Å². The predicted octanol–water partition coefficient (Wildman–Crippen LogP) is 4.31. The number of carbonyl (C=O) groups is 1. The van der Waals surface area contributed by atoms with Crippen LogP contribution in [0.25, 0.3) is 32.7 Å². The standard InChI is InChI=1S/C17H11ClN2O2/c1-22-17(21)13-8-12-11-7-9(18)4-5-14(11)20-16(12)15-10(13)3-2-6-19-15/h2-8,20H,1H3. The molecule has 0 amide bonds. The number of fused-ring (bicyclic) bond motifs is 5. The van der Waals surface area contributed by atoms with Crippen LogP contribution >= 0.6 is 11.6 Å². The molecule has 1 N–H and O–H groups in total. The summed E-state index contributed by atoms with van der Waals surface area (Å²) < 4.78 is 4.90. The normalized spacial score (nSPS) is 11.4. The molecule has 0 aliphatic heterocycles. The largest absolute Gasteiger partial charge is 0.465 e. The fraction of sp³-hybridized carbons (Fsp3) is 0.0588. The van der Waals surface area contributed by atoms with Gasteiger partial charge in [-0.2, -0.15) is 0 Å². The molecule has 0 aliphatic carbocycles. The second kappa shape index (κ2) is 4.71. The second-order valence-corrected chi connectivity index (χ2v) is 5.49. The van der Waals surface area contributed by atoms with E-state index in [1.54, 1.807) is 12.3 Å². The van der Waals surface area contributed by atoms with E-state index in [-0.39, 0.29) is 5.97 Å². The third-order valence-corrected chi connectivity index (χ3v) is 4.06. The molecule has 0 spiro atoms. The summed E-state index contributed by atoms with van der Waals surface area (Å²) in [5, 5.41) is 3.28. The minimum Gasteiger partial charge on any atom is -0.465 e. The molecule has 4 nitrogen and oxygen atoms in total. The van der Waals surface area contributed by atoms with Crippen LogP contribution in [0.4, 0.5) is 0 Å². The van der Waals surface area contributed by atoms with Crippen molar-refractivity contribution >= 4 is 50.3 Å². The van der Waals surface area contributed by atoms with Crippen molar-refractivity contribution in [3.63, 3.8) is 0 Å². The van der Waals surface area contributed by atoms with Crippen molar-refractivity contribution in [1.82, 2.24) is 9.97 Å². The summed E-state index contributed by atoms with van der Waals surface area (Å²) in [5.41, 5.74) is 3.08. The maximum atomic E-state index is 12.1. The monoisotopic (exact) mass is 310 g/mol. The van der Waals surface area contributed by atoms with Gasteiger partial charge in [0, 0.05) is 32.9 Å². The molecule has 0 unspecified atom stereocenters. The van der Waals surface area contributed by atoms with Crippen LogP contribution < -0.4 is 0 Å². The number of methoxy groups -OCH3 is 1. The third kappa shape index (κ3) is 1.77. The van der Waals surface area contributed by atoms with Gasteiger partial charge in [-0.05, 0) is 30.3 Å². The third-order valence-electron chi connectivity index (χ3n) is 3.83. The van der Waals surface area contributed by atoms with Gasteiger partial charge in [0.1, 0.15) is 0 Å². The number of H-pyrrole nitrogens is 1. The number of hydrogen-bond donors (Lipinski definition) is 1. The number of hydrogen-bond acceptors (Lipinski definition) is 3. The highest BCUT2D eigenvalue weighted by Gasteiger charge is 2.17. The fourth-order valence-electron chi connectivity index (χ4n) is 2.84. The molecule has 0 bridgehead atoms. The van der Waals surface area contributed by atoms with Gasteiger partial charge in [-0.1, -0.05) is 17.7 Å². The zero-order chi connectivity index (χ0) is 15.3. The maximum absolute atomic E-state index is 12.1. The first-order valence-corrected chi connectivity index (χ1v) is 7.14. The van der Waals surface area contributed by atoms with Gasteiger partial charge in [0.2, 0.25) is 0 Å². The van der Waals surface area contributed by atoms with Crippen LogP contribution in [0.1, 0.15) is 10.4 Å². The predicted molar refractivity (Wildman–Crippen MR) is 87.5 cm³/mol. The SMILES string of the molecule is COC(=O)c1cc2c3cc(Cl)ccc3[nH]c2c2ncccc12. The molecule has 5 heteroatoms. The molecular formula is C17H11ClN2O2. The molecule has 4 aromatic rings. The molecule has 0 saturated carbocycles. The van der Waals surface area contributed by atoms with Crippen LogP contribution in [0.5, 0.6) is 0 Å². The molecule has 0 aliphatic rings. The lowest BCUT2D eigenvalue weighted by molar-refractivity contribution is 0.0603. The number of carbonyl (C=O) groups excluding carboxylic acids is 1. The molecule has 4 rings (SSSR count). The van der Waals surface area contributed by atoms with Crippen LogP contribution in [0.2, 0.25) is 5.02 Å². The Labute approximate surface area is 130 Å². The molecule has 0 radical (unpaired) electrons. The first-order chi connectivity index (χ1) is 10.7. The van der Waals surface area contributed by atoms with Gasteiger partial charge in [-0.15, -0.1) is 0 Å². The van der Waals surface area contributed by atoms with Crippen molar-refractivity contribution in [3.8, 4) is 0 Å². The van der Waals surface area contributed by atoms with E-state index in [2.05, 4.69) is 9.97 Å². The first-order valence-electron chi connectivity index (χ1n) is 6.76. The van der Waals surface area contributed by atoms with Crippen LogP contribution in [-0.2, 0) is 4.74 Å². The number of aromatic nitrogens is 2. The minimum atomic E-state index is -0.378. The van der Waals surface area contributed by atoms with E-state index < -0.39 is 0 Å². The number of halogens is 1. The summed E-state index contributed by atoms with van der Waals surface area (Å²) >= 11 is 6.10. The van der Waals surface area contributed by atoms with Gasteiger partial charge in [-0.3, -0.25) is 4.98 Å². The van der Waals surface area contributed by atoms with Gasteiger partial charge in [0.05, 0.1) is 23.7 Å². The summed E-state index contributed by atoms with van der Waals surface area (Å²) in [4.78, 5) is 19.9. The molecular weight excluding hydrogens is 300 g/mol. The number of benzene rings is 2. The van der Waals surface area contributed by atoms with Gasteiger partial charge in [-0.25, -0.2) is 4.79 Å². The summed E-state index contributed by atoms with van der Waals surface area (Å²) in [7, 11) is 1.38. The molecule has 2 aromatic carbocycles. The quantitative estimate of drug-likeness (QED) is 0.533. The Morgan fingerprint density at radius 1 is 1.18 bits per heavy atom. The Morgan fingerprint density at radius 3 is 2.86 bits per heavy atom. The Balaban J connectivity index is 2.25. The van der Waals surface area contributed by atoms with E-state index in [1.807, 2.05) is 30.3 Å². The number of ether oxygens (including phenoxy) is 1. The fourth-order valence-corrected chi connectivity index (χ4v) is 3.02. The summed E-state index contributed by atoms with van der Waals surface area (Å²) in [6.07, 6.45) is 1.71. The van der Waals surface area contributed by atoms with E-state index in [0.717, 1.165) is 32.7 Å². The Kier molecular flexibility index (Phi) is 2.81. The van der Waals surface area contributed by atoms with Crippen molar-refractivity contribution in [3.05, 3.63) is 53.2 Å². The molecule has 0 saturated heterocycles. The molecule has 0 fully saturated rings. The average molecular weight is 311 g/mol. The highest BCUT2D eigenvalue weighted by atomic mass is 35.5.